The third-order valence-corrected chi connectivity index (χ3v) is 5.48. The maximum atomic E-state index is 12.5. The number of fused-ring (bicyclic) bond motifs is 1. The molecule has 1 nitrogen and oxygen atoms in total. The van der Waals surface area contributed by atoms with Gasteiger partial charge in [0.1, 0.15) is 0 Å². The van der Waals surface area contributed by atoms with Gasteiger partial charge in [0.25, 0.3) is 0 Å². The molecule has 0 aliphatic carbocycles. The number of hydrogen-bond acceptors (Lipinski definition) is 2. The molecular formula is C16H10BrClOS. The highest BCUT2D eigenvalue weighted by atomic mass is 79.9. The average Bonchev–Trinajstić information content (AvgIpc) is 2.87. The maximum absolute atomic E-state index is 12.5. The van der Waals surface area contributed by atoms with E-state index in [9.17, 15) is 4.79 Å². The zero-order chi connectivity index (χ0) is 14.1. The second-order valence-electron chi connectivity index (χ2n) is 4.46. The molecule has 0 saturated heterocycles. The molecule has 0 N–H and O–H groups in total. The third kappa shape index (κ3) is 2.53. The molecule has 3 aromatic rings. The van der Waals surface area contributed by atoms with E-state index in [2.05, 4.69) is 15.9 Å². The first kappa shape index (κ1) is 13.8. The zero-order valence-electron chi connectivity index (χ0n) is 10.4. The predicted molar refractivity (Wildman–Crippen MR) is 89.0 cm³/mol. The first-order valence-electron chi connectivity index (χ1n) is 6.09. The highest BCUT2D eigenvalue weighted by Gasteiger charge is 2.15. The molecule has 0 unspecified atom stereocenters. The van der Waals surface area contributed by atoms with Crippen LogP contribution in [0, 0.1) is 0 Å². The van der Waals surface area contributed by atoms with E-state index in [1.807, 2.05) is 47.8 Å². The lowest BCUT2D eigenvalue weighted by atomic mass is 10.0. The molecule has 0 atom stereocenters. The highest BCUT2D eigenvalue weighted by molar-refractivity contribution is 9.10. The minimum Gasteiger partial charge on any atom is -0.294 e. The Kier molecular flexibility index (Phi) is 3.92. The van der Waals surface area contributed by atoms with Crippen molar-refractivity contribution in [3.63, 3.8) is 0 Å². The molecule has 0 aliphatic heterocycles. The highest BCUT2D eigenvalue weighted by Crippen LogP contribution is 2.33. The van der Waals surface area contributed by atoms with E-state index in [0.717, 1.165) is 25.7 Å². The molecule has 4 heteroatoms. The normalized spacial score (nSPS) is 10.9. The fourth-order valence-electron chi connectivity index (χ4n) is 2.15. The largest absolute Gasteiger partial charge is 0.294 e. The van der Waals surface area contributed by atoms with Crippen LogP contribution in [0.2, 0.25) is 5.02 Å². The van der Waals surface area contributed by atoms with Crippen molar-refractivity contribution in [2.75, 3.05) is 0 Å². The Hall–Kier alpha value is -1.16. The number of carbonyl (C=O) groups excluding carboxylic acids is 1. The summed E-state index contributed by atoms with van der Waals surface area (Å²) < 4.78 is 2.13. The van der Waals surface area contributed by atoms with E-state index in [0.29, 0.717) is 11.4 Å². The maximum Gasteiger partial charge on any atom is 0.168 e. The van der Waals surface area contributed by atoms with E-state index in [-0.39, 0.29) is 5.78 Å². The van der Waals surface area contributed by atoms with Gasteiger partial charge in [-0.3, -0.25) is 4.79 Å². The van der Waals surface area contributed by atoms with Crippen molar-refractivity contribution < 1.29 is 4.79 Å². The van der Waals surface area contributed by atoms with Crippen LogP contribution in [0.15, 0.2) is 52.3 Å². The monoisotopic (exact) mass is 364 g/mol. The molecule has 1 aromatic heterocycles. The van der Waals surface area contributed by atoms with Gasteiger partial charge in [-0.15, -0.1) is 11.3 Å². The van der Waals surface area contributed by atoms with Gasteiger partial charge in [-0.05, 0) is 33.6 Å². The Labute approximate surface area is 134 Å². The Morgan fingerprint density at radius 1 is 1.15 bits per heavy atom. The summed E-state index contributed by atoms with van der Waals surface area (Å²) in [4.78, 5) is 12.5. The average molecular weight is 366 g/mol. The van der Waals surface area contributed by atoms with Crippen molar-refractivity contribution in [2.24, 2.45) is 0 Å². The van der Waals surface area contributed by atoms with Gasteiger partial charge >= 0.3 is 0 Å². The molecule has 2 aromatic carbocycles. The van der Waals surface area contributed by atoms with Crippen molar-refractivity contribution >= 4 is 54.7 Å². The van der Waals surface area contributed by atoms with Gasteiger partial charge in [0.15, 0.2) is 5.78 Å². The summed E-state index contributed by atoms with van der Waals surface area (Å²) in [5.74, 6) is 0.0995. The Balaban J connectivity index is 1.98. The molecule has 0 amide bonds. The minimum atomic E-state index is 0.0995. The van der Waals surface area contributed by atoms with Gasteiger partial charge < -0.3 is 0 Å². The molecule has 3 rings (SSSR count). The summed E-state index contributed by atoms with van der Waals surface area (Å²) in [7, 11) is 0. The predicted octanol–water partition coefficient (Wildman–Crippen LogP) is 5.74. The SMILES string of the molecule is O=C(Cc1ccccc1Cl)c1csc2c(Br)cccc12. The van der Waals surface area contributed by atoms with Crippen LogP contribution in [0.5, 0.6) is 0 Å². The molecule has 0 fully saturated rings. The van der Waals surface area contributed by atoms with Crippen LogP contribution in [-0.4, -0.2) is 5.78 Å². The number of ketones is 1. The molecule has 0 spiro atoms. The van der Waals surface area contributed by atoms with Crippen LogP contribution >= 0.6 is 38.9 Å². The fraction of sp³-hybridized carbons (Fsp3) is 0.0625. The van der Waals surface area contributed by atoms with Crippen LogP contribution in [0.25, 0.3) is 10.1 Å². The van der Waals surface area contributed by atoms with Crippen LogP contribution in [0.4, 0.5) is 0 Å². The first-order chi connectivity index (χ1) is 9.66. The molecule has 100 valence electrons. The van der Waals surface area contributed by atoms with Crippen molar-refractivity contribution in [1.82, 2.24) is 0 Å². The van der Waals surface area contributed by atoms with Gasteiger partial charge in [0.2, 0.25) is 0 Å². The van der Waals surface area contributed by atoms with Crippen molar-refractivity contribution in [1.29, 1.82) is 0 Å². The van der Waals surface area contributed by atoms with Gasteiger partial charge in [-0.1, -0.05) is 41.9 Å². The zero-order valence-corrected chi connectivity index (χ0v) is 13.6. The van der Waals surface area contributed by atoms with E-state index >= 15 is 0 Å². The lowest BCUT2D eigenvalue weighted by Crippen LogP contribution is -2.03. The van der Waals surface area contributed by atoms with Crippen molar-refractivity contribution in [3.8, 4) is 0 Å². The molecule has 0 saturated carbocycles. The van der Waals surface area contributed by atoms with Crippen LogP contribution in [0.3, 0.4) is 0 Å². The van der Waals surface area contributed by atoms with Gasteiger partial charge in [0.05, 0.1) is 0 Å². The summed E-state index contributed by atoms with van der Waals surface area (Å²) in [6, 6.07) is 13.4. The fourth-order valence-corrected chi connectivity index (χ4v) is 3.98. The number of carbonyl (C=O) groups is 1. The molecule has 0 aliphatic rings. The third-order valence-electron chi connectivity index (χ3n) is 3.16. The summed E-state index contributed by atoms with van der Waals surface area (Å²) in [6.45, 7) is 0. The smallest absolute Gasteiger partial charge is 0.168 e. The van der Waals surface area contributed by atoms with Gasteiger partial charge in [-0.2, -0.15) is 0 Å². The van der Waals surface area contributed by atoms with E-state index in [1.54, 1.807) is 11.3 Å². The Morgan fingerprint density at radius 2 is 1.95 bits per heavy atom. The number of benzene rings is 2. The van der Waals surface area contributed by atoms with Crippen LogP contribution in [0.1, 0.15) is 15.9 Å². The molecule has 0 bridgehead atoms. The standard InChI is InChI=1S/C16H10BrClOS/c17-13-6-3-5-11-12(9-20-16(11)13)15(19)8-10-4-1-2-7-14(10)18/h1-7,9H,8H2. The minimum absolute atomic E-state index is 0.0995. The summed E-state index contributed by atoms with van der Waals surface area (Å²) in [5.41, 5.74) is 1.64. The molecule has 20 heavy (non-hydrogen) atoms. The summed E-state index contributed by atoms with van der Waals surface area (Å²) in [6.07, 6.45) is 0.331. The van der Waals surface area contributed by atoms with E-state index < -0.39 is 0 Å². The van der Waals surface area contributed by atoms with Gasteiger partial charge in [-0.25, -0.2) is 0 Å². The van der Waals surface area contributed by atoms with Crippen LogP contribution in [-0.2, 0) is 6.42 Å². The summed E-state index contributed by atoms with van der Waals surface area (Å²) in [5, 5.41) is 3.57. The topological polar surface area (TPSA) is 17.1 Å². The number of Topliss-reactive ketones (excluding diaryl/α,β-unsaturated/α-hetero) is 1. The Bertz CT molecular complexity index is 794. The molecule has 1 heterocycles. The van der Waals surface area contributed by atoms with Crippen molar-refractivity contribution in [2.45, 2.75) is 6.42 Å². The molecule has 0 radical (unpaired) electrons. The van der Waals surface area contributed by atoms with Crippen molar-refractivity contribution in [3.05, 3.63) is 68.5 Å². The number of hydrogen-bond donors (Lipinski definition) is 0. The number of rotatable bonds is 3. The lowest BCUT2D eigenvalue weighted by Gasteiger charge is -2.03. The van der Waals surface area contributed by atoms with E-state index in [1.165, 1.54) is 0 Å². The second-order valence-corrected chi connectivity index (χ2v) is 6.60. The first-order valence-corrected chi connectivity index (χ1v) is 8.14. The van der Waals surface area contributed by atoms with Crippen LogP contribution < -0.4 is 0 Å². The lowest BCUT2D eigenvalue weighted by molar-refractivity contribution is 0.0995. The molecular weight excluding hydrogens is 356 g/mol. The number of thiophene rings is 1. The summed E-state index contributed by atoms with van der Waals surface area (Å²) >= 11 is 11.2. The van der Waals surface area contributed by atoms with Gasteiger partial charge in [0, 0.05) is 36.9 Å². The number of halogens is 2. The Morgan fingerprint density at radius 3 is 2.75 bits per heavy atom. The quantitative estimate of drug-likeness (QED) is 0.541. The van der Waals surface area contributed by atoms with E-state index in [4.69, 9.17) is 11.6 Å². The second kappa shape index (κ2) is 5.68.